The van der Waals surface area contributed by atoms with Crippen LogP contribution >= 0.6 is 27.5 Å². The maximum absolute atomic E-state index is 12.2. The van der Waals surface area contributed by atoms with Crippen LogP contribution in [0, 0.1) is 0 Å². The highest BCUT2D eigenvalue weighted by molar-refractivity contribution is 9.10. The quantitative estimate of drug-likeness (QED) is 0.613. The first-order chi connectivity index (χ1) is 9.52. The van der Waals surface area contributed by atoms with Crippen molar-refractivity contribution < 1.29 is 9.59 Å². The van der Waals surface area contributed by atoms with E-state index in [0.29, 0.717) is 5.82 Å². The summed E-state index contributed by atoms with van der Waals surface area (Å²) in [5.74, 6) is 0.387. The van der Waals surface area contributed by atoms with Crippen molar-refractivity contribution in [2.45, 2.75) is 18.3 Å². The Bertz CT molecular complexity index is 728. The van der Waals surface area contributed by atoms with Crippen LogP contribution in [0.4, 0.5) is 0 Å². The Balaban J connectivity index is 2.20. The number of benzene rings is 1. The summed E-state index contributed by atoms with van der Waals surface area (Å²) in [7, 11) is 1.50. The summed E-state index contributed by atoms with van der Waals surface area (Å²) in [6.45, 7) is 0. The Morgan fingerprint density at radius 3 is 2.80 bits per heavy atom. The van der Waals surface area contributed by atoms with Gasteiger partial charge in [-0.15, -0.1) is 11.6 Å². The molecule has 0 spiro atoms. The van der Waals surface area contributed by atoms with E-state index < -0.39 is 6.04 Å². The number of imidazole rings is 1. The van der Waals surface area contributed by atoms with Crippen molar-refractivity contribution in [1.82, 2.24) is 14.5 Å². The number of carbonyl (C=O) groups is 2. The molecule has 0 aliphatic carbocycles. The van der Waals surface area contributed by atoms with Gasteiger partial charge in [-0.1, -0.05) is 15.9 Å². The van der Waals surface area contributed by atoms with Gasteiger partial charge in [0, 0.05) is 11.5 Å². The number of likely N-dealkylation sites (tertiary alicyclic amines) is 1. The van der Waals surface area contributed by atoms with Gasteiger partial charge in [-0.25, -0.2) is 4.98 Å². The molecule has 2 heterocycles. The van der Waals surface area contributed by atoms with E-state index >= 15 is 0 Å². The molecule has 0 bridgehead atoms. The fraction of sp³-hybridized carbons (Fsp3) is 0.308. The van der Waals surface area contributed by atoms with Crippen LogP contribution < -0.4 is 0 Å². The van der Waals surface area contributed by atoms with E-state index in [2.05, 4.69) is 20.9 Å². The monoisotopic (exact) mass is 355 g/mol. The minimum atomic E-state index is -0.549. The second-order valence-corrected chi connectivity index (χ2v) is 5.86. The normalized spacial score (nSPS) is 19.4. The van der Waals surface area contributed by atoms with Gasteiger partial charge in [-0.05, 0) is 18.2 Å². The zero-order chi connectivity index (χ0) is 14.4. The largest absolute Gasteiger partial charge is 0.314 e. The number of hydrogen-bond acceptors (Lipinski definition) is 3. The highest BCUT2D eigenvalue weighted by Gasteiger charge is 2.38. The fourth-order valence-electron chi connectivity index (χ4n) is 2.50. The number of alkyl halides is 1. The molecular formula is C13H11BrClN3O2. The molecule has 2 aromatic rings. The maximum Gasteiger partial charge on any atom is 0.252 e. The fourth-order valence-corrected chi connectivity index (χ4v) is 3.04. The highest BCUT2D eigenvalue weighted by atomic mass is 79.9. The number of amides is 2. The van der Waals surface area contributed by atoms with E-state index in [1.165, 1.54) is 7.05 Å². The molecule has 0 radical (unpaired) electrons. The molecule has 1 fully saturated rings. The summed E-state index contributed by atoms with van der Waals surface area (Å²) in [6.07, 6.45) is 0.154. The van der Waals surface area contributed by atoms with Crippen molar-refractivity contribution in [2.24, 2.45) is 0 Å². The molecule has 1 aliphatic rings. The standard InChI is InChI=1S/C13H11BrClN3O2/c1-17-12(19)5-10(13(17)20)18-9-3-2-7(14)4-8(9)16-11(18)6-15/h2-4,10H,5-6H2,1H3. The Labute approximate surface area is 128 Å². The van der Waals surface area contributed by atoms with Crippen LogP contribution in [0.5, 0.6) is 0 Å². The van der Waals surface area contributed by atoms with Gasteiger partial charge in [-0.3, -0.25) is 14.5 Å². The minimum absolute atomic E-state index is 0.154. The molecule has 104 valence electrons. The number of aromatic nitrogens is 2. The molecule has 0 saturated carbocycles. The van der Waals surface area contributed by atoms with Crippen LogP contribution in [-0.4, -0.2) is 33.3 Å². The minimum Gasteiger partial charge on any atom is -0.314 e. The molecular weight excluding hydrogens is 346 g/mol. The zero-order valence-electron chi connectivity index (χ0n) is 10.6. The number of carbonyl (C=O) groups excluding carboxylic acids is 2. The molecule has 1 aromatic carbocycles. The summed E-state index contributed by atoms with van der Waals surface area (Å²) < 4.78 is 2.68. The number of likely N-dealkylation sites (N-methyl/N-ethyl adjacent to an activating group) is 1. The van der Waals surface area contributed by atoms with Crippen molar-refractivity contribution in [3.05, 3.63) is 28.5 Å². The van der Waals surface area contributed by atoms with E-state index in [1.54, 1.807) is 4.57 Å². The zero-order valence-corrected chi connectivity index (χ0v) is 13.0. The topological polar surface area (TPSA) is 55.2 Å². The van der Waals surface area contributed by atoms with Gasteiger partial charge in [0.25, 0.3) is 5.91 Å². The highest BCUT2D eigenvalue weighted by Crippen LogP contribution is 2.31. The second kappa shape index (κ2) is 4.86. The molecule has 5 nitrogen and oxygen atoms in total. The van der Waals surface area contributed by atoms with Crippen molar-refractivity contribution in [1.29, 1.82) is 0 Å². The van der Waals surface area contributed by atoms with Gasteiger partial charge in [0.2, 0.25) is 5.91 Å². The first kappa shape index (κ1) is 13.6. The van der Waals surface area contributed by atoms with E-state index in [4.69, 9.17) is 11.6 Å². The van der Waals surface area contributed by atoms with Gasteiger partial charge in [0.1, 0.15) is 11.9 Å². The maximum atomic E-state index is 12.2. The van der Waals surface area contributed by atoms with Crippen LogP contribution in [0.1, 0.15) is 18.3 Å². The summed E-state index contributed by atoms with van der Waals surface area (Å²) in [6, 6.07) is 5.07. The molecule has 3 rings (SSSR count). The number of rotatable bonds is 2. The SMILES string of the molecule is CN1C(=O)CC(n2c(CCl)nc3cc(Br)ccc32)C1=O. The summed E-state index contributed by atoms with van der Waals surface area (Å²) in [4.78, 5) is 29.5. The lowest BCUT2D eigenvalue weighted by Crippen LogP contribution is -2.27. The second-order valence-electron chi connectivity index (χ2n) is 4.68. The van der Waals surface area contributed by atoms with Crippen molar-refractivity contribution in [3.8, 4) is 0 Å². The van der Waals surface area contributed by atoms with Gasteiger partial charge >= 0.3 is 0 Å². The molecule has 1 aromatic heterocycles. The molecule has 0 N–H and O–H groups in total. The van der Waals surface area contributed by atoms with Crippen molar-refractivity contribution in [3.63, 3.8) is 0 Å². The predicted molar refractivity (Wildman–Crippen MR) is 78.4 cm³/mol. The van der Waals surface area contributed by atoms with E-state index in [1.807, 2.05) is 18.2 Å². The Kier molecular flexibility index (Phi) is 3.30. The lowest BCUT2D eigenvalue weighted by atomic mass is 10.2. The van der Waals surface area contributed by atoms with Crippen LogP contribution in [-0.2, 0) is 15.5 Å². The van der Waals surface area contributed by atoms with Crippen LogP contribution in [0.2, 0.25) is 0 Å². The molecule has 1 atom stereocenters. The smallest absolute Gasteiger partial charge is 0.252 e. The predicted octanol–water partition coefficient (Wildman–Crippen LogP) is 2.47. The molecule has 2 amide bonds. The van der Waals surface area contributed by atoms with E-state index in [9.17, 15) is 9.59 Å². The number of fused-ring (bicyclic) bond motifs is 1. The molecule has 1 aliphatic heterocycles. The number of hydrogen-bond donors (Lipinski definition) is 0. The number of nitrogens with zero attached hydrogens (tertiary/aromatic N) is 3. The average Bonchev–Trinajstić information content (AvgIpc) is 2.90. The third-order valence-electron chi connectivity index (χ3n) is 3.51. The molecule has 20 heavy (non-hydrogen) atoms. The van der Waals surface area contributed by atoms with E-state index in [-0.39, 0.29) is 24.1 Å². The van der Waals surface area contributed by atoms with Gasteiger partial charge in [0.15, 0.2) is 0 Å². The Hall–Kier alpha value is -1.40. The Morgan fingerprint density at radius 2 is 2.20 bits per heavy atom. The lowest BCUT2D eigenvalue weighted by molar-refractivity contribution is -0.137. The van der Waals surface area contributed by atoms with Gasteiger partial charge in [0.05, 0.1) is 23.3 Å². The van der Waals surface area contributed by atoms with Crippen molar-refractivity contribution >= 4 is 50.4 Å². The summed E-state index contributed by atoms with van der Waals surface area (Å²) in [5.41, 5.74) is 1.56. The third kappa shape index (κ3) is 1.94. The van der Waals surface area contributed by atoms with Crippen LogP contribution in [0.3, 0.4) is 0 Å². The summed E-state index contributed by atoms with van der Waals surface area (Å²) in [5, 5.41) is 0. The molecule has 7 heteroatoms. The van der Waals surface area contributed by atoms with Crippen molar-refractivity contribution in [2.75, 3.05) is 7.05 Å². The van der Waals surface area contributed by atoms with E-state index in [0.717, 1.165) is 20.4 Å². The Morgan fingerprint density at radius 1 is 1.45 bits per heavy atom. The third-order valence-corrected chi connectivity index (χ3v) is 4.25. The number of imide groups is 1. The summed E-state index contributed by atoms with van der Waals surface area (Å²) >= 11 is 9.33. The van der Waals surface area contributed by atoms with Gasteiger partial charge in [-0.2, -0.15) is 0 Å². The molecule has 1 unspecified atom stereocenters. The number of halogens is 2. The van der Waals surface area contributed by atoms with Crippen LogP contribution in [0.15, 0.2) is 22.7 Å². The average molecular weight is 357 g/mol. The van der Waals surface area contributed by atoms with Crippen LogP contribution in [0.25, 0.3) is 11.0 Å². The van der Waals surface area contributed by atoms with Gasteiger partial charge < -0.3 is 4.57 Å². The lowest BCUT2D eigenvalue weighted by Gasteiger charge is -2.14. The first-order valence-electron chi connectivity index (χ1n) is 6.05. The first-order valence-corrected chi connectivity index (χ1v) is 7.38. The molecule has 1 saturated heterocycles.